The molecule has 126 valence electrons. The van der Waals surface area contributed by atoms with Crippen molar-refractivity contribution in [2.24, 2.45) is 5.41 Å². The van der Waals surface area contributed by atoms with E-state index >= 15 is 0 Å². The van der Waals surface area contributed by atoms with Crippen molar-refractivity contribution in [3.63, 3.8) is 0 Å². The number of imide groups is 1. The Morgan fingerprint density at radius 1 is 0.957 bits per heavy atom. The van der Waals surface area contributed by atoms with Crippen molar-refractivity contribution in [1.29, 1.82) is 0 Å². The lowest BCUT2D eigenvalue weighted by atomic mass is 9.82. The zero-order chi connectivity index (χ0) is 17.8. The van der Waals surface area contributed by atoms with Crippen LogP contribution in [0.15, 0.2) is 24.3 Å². The van der Waals surface area contributed by atoms with Crippen LogP contribution in [0.25, 0.3) is 0 Å². The molecule has 0 aromatic heterocycles. The van der Waals surface area contributed by atoms with Crippen LogP contribution in [0, 0.1) is 5.41 Å². The number of carbonyl (C=O) groups excluding carboxylic acids is 3. The van der Waals surface area contributed by atoms with Crippen molar-refractivity contribution >= 4 is 23.4 Å². The zero-order valence-corrected chi connectivity index (χ0v) is 14.3. The van der Waals surface area contributed by atoms with E-state index in [0.717, 1.165) is 0 Å². The van der Waals surface area contributed by atoms with Crippen LogP contribution in [0.3, 0.4) is 0 Å². The van der Waals surface area contributed by atoms with E-state index in [2.05, 4.69) is 10.6 Å². The molecule has 0 fully saturated rings. The normalized spacial score (nSPS) is 11.7. The minimum atomic E-state index is -0.978. The number of carbonyl (C=O) groups is 3. The van der Waals surface area contributed by atoms with Crippen LogP contribution in [0.1, 0.15) is 51.4 Å². The molecule has 0 heterocycles. The van der Waals surface area contributed by atoms with E-state index in [0.29, 0.717) is 12.1 Å². The van der Waals surface area contributed by atoms with E-state index in [1.807, 2.05) is 34.6 Å². The molecule has 6 heteroatoms. The number of anilines is 1. The summed E-state index contributed by atoms with van der Waals surface area (Å²) in [6, 6.07) is 6.07. The minimum absolute atomic E-state index is 0.00690. The summed E-state index contributed by atoms with van der Waals surface area (Å²) < 4.78 is 0. The molecule has 0 saturated carbocycles. The van der Waals surface area contributed by atoms with Gasteiger partial charge in [0.15, 0.2) is 0 Å². The van der Waals surface area contributed by atoms with Gasteiger partial charge < -0.3 is 11.1 Å². The first-order valence-electron chi connectivity index (χ1n) is 7.43. The lowest BCUT2D eigenvalue weighted by molar-refractivity contribution is -0.139. The third-order valence-electron chi connectivity index (χ3n) is 3.03. The predicted molar refractivity (Wildman–Crippen MR) is 89.6 cm³/mol. The Bertz CT molecular complexity index is 599. The smallest absolute Gasteiger partial charge is 0.316 e. The van der Waals surface area contributed by atoms with E-state index in [1.54, 1.807) is 12.1 Å². The van der Waals surface area contributed by atoms with Crippen molar-refractivity contribution in [3.8, 4) is 0 Å². The van der Waals surface area contributed by atoms with Crippen LogP contribution in [-0.4, -0.2) is 23.3 Å². The highest BCUT2D eigenvalue weighted by atomic mass is 16.2. The molecule has 0 unspecified atom stereocenters. The lowest BCUT2D eigenvalue weighted by Gasteiger charge is -2.33. The summed E-state index contributed by atoms with van der Waals surface area (Å²) in [5.41, 5.74) is 5.74. The van der Waals surface area contributed by atoms with E-state index < -0.39 is 23.3 Å². The van der Waals surface area contributed by atoms with Crippen molar-refractivity contribution < 1.29 is 14.4 Å². The number of hydrogen-bond donors (Lipinski definition) is 3. The number of nitrogens with two attached hydrogens (primary N) is 1. The Hall–Kier alpha value is -2.37. The van der Waals surface area contributed by atoms with Gasteiger partial charge in [0.25, 0.3) is 5.91 Å². The Kier molecular flexibility index (Phi) is 5.53. The Morgan fingerprint density at radius 2 is 1.48 bits per heavy atom. The quantitative estimate of drug-likeness (QED) is 0.584. The maximum atomic E-state index is 12.0. The molecular weight excluding hydrogens is 294 g/mol. The van der Waals surface area contributed by atoms with Gasteiger partial charge in [-0.15, -0.1) is 0 Å². The molecule has 1 aromatic rings. The van der Waals surface area contributed by atoms with Crippen LogP contribution in [0.4, 0.5) is 5.69 Å². The topological polar surface area (TPSA) is 101 Å². The zero-order valence-electron chi connectivity index (χ0n) is 14.3. The van der Waals surface area contributed by atoms with Crippen molar-refractivity contribution in [3.05, 3.63) is 29.8 Å². The predicted octanol–water partition coefficient (Wildman–Crippen LogP) is 1.86. The summed E-state index contributed by atoms with van der Waals surface area (Å²) in [6.07, 6.45) is 0.685. The van der Waals surface area contributed by atoms with Gasteiger partial charge in [0, 0.05) is 16.8 Å². The molecule has 0 aliphatic heterocycles. The molecule has 4 N–H and O–H groups in total. The number of hydrogen-bond acceptors (Lipinski definition) is 4. The van der Waals surface area contributed by atoms with Gasteiger partial charge in [0.05, 0.1) is 0 Å². The Labute approximate surface area is 136 Å². The molecule has 0 spiro atoms. The minimum Gasteiger partial charge on any atom is -0.399 e. The average Bonchev–Trinajstić information content (AvgIpc) is 2.35. The third-order valence-corrected chi connectivity index (χ3v) is 3.03. The first kappa shape index (κ1) is 18.7. The molecule has 0 radical (unpaired) electrons. The number of nitrogens with one attached hydrogen (secondary N) is 2. The second-order valence-corrected chi connectivity index (χ2v) is 7.48. The molecule has 0 saturated heterocycles. The highest BCUT2D eigenvalue weighted by Crippen LogP contribution is 2.26. The number of benzene rings is 1. The monoisotopic (exact) mass is 319 g/mol. The summed E-state index contributed by atoms with van der Waals surface area (Å²) in [4.78, 5) is 35.8. The third kappa shape index (κ3) is 6.50. The van der Waals surface area contributed by atoms with Crippen molar-refractivity contribution in [1.82, 2.24) is 10.6 Å². The van der Waals surface area contributed by atoms with Gasteiger partial charge in [-0.25, -0.2) is 0 Å². The fourth-order valence-corrected chi connectivity index (χ4v) is 2.60. The summed E-state index contributed by atoms with van der Waals surface area (Å²) >= 11 is 0. The summed E-state index contributed by atoms with van der Waals surface area (Å²) in [7, 11) is 0. The van der Waals surface area contributed by atoms with E-state index in [1.165, 1.54) is 12.1 Å². The van der Waals surface area contributed by atoms with Crippen molar-refractivity contribution in [2.45, 2.75) is 46.6 Å². The second-order valence-electron chi connectivity index (χ2n) is 7.48. The summed E-state index contributed by atoms with van der Waals surface area (Å²) in [5.74, 6) is -2.45. The van der Waals surface area contributed by atoms with Gasteiger partial charge in [-0.05, 0) is 49.9 Å². The highest BCUT2D eigenvalue weighted by molar-refractivity contribution is 6.38. The Balaban J connectivity index is 2.65. The van der Waals surface area contributed by atoms with Gasteiger partial charge in [0.2, 0.25) is 0 Å². The van der Waals surface area contributed by atoms with Gasteiger partial charge in [-0.3, -0.25) is 19.7 Å². The molecule has 0 bridgehead atoms. The summed E-state index contributed by atoms with van der Waals surface area (Å²) in [6.45, 7) is 9.82. The molecule has 0 aliphatic carbocycles. The number of amides is 3. The first-order valence-corrected chi connectivity index (χ1v) is 7.43. The number of nitrogen functional groups attached to an aromatic ring is 1. The number of rotatable bonds is 3. The molecule has 1 rings (SSSR count). The lowest BCUT2D eigenvalue weighted by Crippen LogP contribution is -2.52. The largest absolute Gasteiger partial charge is 0.399 e. The molecule has 6 nitrogen and oxygen atoms in total. The highest BCUT2D eigenvalue weighted by Gasteiger charge is 2.29. The van der Waals surface area contributed by atoms with E-state index in [4.69, 9.17) is 5.73 Å². The van der Waals surface area contributed by atoms with Crippen LogP contribution < -0.4 is 16.4 Å². The standard InChI is InChI=1S/C17H25N3O3/c1-16(2,3)10-17(4,5)20-15(23)14(22)19-13(21)11-6-8-12(18)9-7-11/h6-9H,10,18H2,1-5H3,(H,20,23)(H,19,21,22). The van der Waals surface area contributed by atoms with Crippen LogP contribution in [0.5, 0.6) is 0 Å². The van der Waals surface area contributed by atoms with Crippen LogP contribution in [0.2, 0.25) is 0 Å². The fraction of sp³-hybridized carbons (Fsp3) is 0.471. The molecule has 23 heavy (non-hydrogen) atoms. The van der Waals surface area contributed by atoms with Gasteiger partial charge >= 0.3 is 11.8 Å². The Morgan fingerprint density at radius 3 is 1.96 bits per heavy atom. The van der Waals surface area contributed by atoms with Gasteiger partial charge in [-0.1, -0.05) is 20.8 Å². The molecule has 0 aliphatic rings. The second kappa shape index (κ2) is 6.81. The molecular formula is C17H25N3O3. The average molecular weight is 319 g/mol. The van der Waals surface area contributed by atoms with Crippen LogP contribution >= 0.6 is 0 Å². The fourth-order valence-electron chi connectivity index (χ4n) is 2.60. The van der Waals surface area contributed by atoms with E-state index in [9.17, 15) is 14.4 Å². The van der Waals surface area contributed by atoms with Gasteiger partial charge in [0.1, 0.15) is 0 Å². The molecule has 1 aromatic carbocycles. The SMILES string of the molecule is CC(C)(C)CC(C)(C)NC(=O)C(=O)NC(=O)c1ccc(N)cc1. The molecule has 3 amide bonds. The van der Waals surface area contributed by atoms with Crippen molar-refractivity contribution in [2.75, 3.05) is 5.73 Å². The first-order chi connectivity index (χ1) is 10.4. The van der Waals surface area contributed by atoms with Crippen LogP contribution in [-0.2, 0) is 9.59 Å². The maximum absolute atomic E-state index is 12.0. The van der Waals surface area contributed by atoms with E-state index in [-0.39, 0.29) is 11.0 Å². The molecule has 0 atom stereocenters. The van der Waals surface area contributed by atoms with Gasteiger partial charge in [-0.2, -0.15) is 0 Å². The maximum Gasteiger partial charge on any atom is 0.316 e. The summed E-state index contributed by atoms with van der Waals surface area (Å²) in [5, 5.41) is 4.73.